The fourth-order valence-corrected chi connectivity index (χ4v) is 2.84. The zero-order chi connectivity index (χ0) is 19.5. The highest BCUT2D eigenvalue weighted by Gasteiger charge is 2.18. The average molecular weight is 373 g/mol. The molecule has 0 aromatic heterocycles. The van der Waals surface area contributed by atoms with E-state index in [4.69, 9.17) is 15.1 Å². The topological polar surface area (TPSA) is 122 Å². The minimum absolute atomic E-state index is 0.0726. The molecule has 1 atom stereocenters. The largest absolute Gasteiger partial charge is 0.481 e. The van der Waals surface area contributed by atoms with E-state index in [0.717, 1.165) is 5.56 Å². The number of rotatable bonds is 5. The fraction of sp³-hybridized carbons (Fsp3) is 0.222. The maximum absolute atomic E-state index is 12.4. The molecule has 0 saturated heterocycles. The van der Waals surface area contributed by atoms with Crippen molar-refractivity contribution in [1.82, 2.24) is 0 Å². The van der Waals surface area contributed by atoms with Crippen LogP contribution in [0.3, 0.4) is 0 Å². The SMILES string of the molecule is Cc1cc(S(N)(=O)=O)cc(NC(=O)[C@H](C)Oc2ccc(C#N)cc2)c1C. The molecule has 2 aromatic rings. The summed E-state index contributed by atoms with van der Waals surface area (Å²) in [4.78, 5) is 12.3. The number of ether oxygens (including phenoxy) is 1. The van der Waals surface area contributed by atoms with Gasteiger partial charge in [0.25, 0.3) is 5.91 Å². The van der Waals surface area contributed by atoms with Crippen LogP contribution in [0.5, 0.6) is 5.75 Å². The number of nitrogens with zero attached hydrogens (tertiary/aromatic N) is 1. The number of hydrogen-bond donors (Lipinski definition) is 2. The van der Waals surface area contributed by atoms with Crippen LogP contribution in [0.1, 0.15) is 23.6 Å². The number of hydrogen-bond acceptors (Lipinski definition) is 5. The van der Waals surface area contributed by atoms with Crippen molar-refractivity contribution in [2.24, 2.45) is 5.14 Å². The highest BCUT2D eigenvalue weighted by atomic mass is 32.2. The Bertz CT molecular complexity index is 977. The first kappa shape index (κ1) is 19.4. The highest BCUT2D eigenvalue weighted by molar-refractivity contribution is 7.89. The molecular weight excluding hydrogens is 354 g/mol. The maximum atomic E-state index is 12.4. The van der Waals surface area contributed by atoms with Gasteiger partial charge in [0, 0.05) is 5.69 Å². The summed E-state index contributed by atoms with van der Waals surface area (Å²) in [5, 5.41) is 16.6. The molecule has 2 rings (SSSR count). The van der Waals surface area contributed by atoms with E-state index in [2.05, 4.69) is 5.32 Å². The molecule has 0 radical (unpaired) electrons. The van der Waals surface area contributed by atoms with Crippen molar-refractivity contribution in [2.45, 2.75) is 31.8 Å². The summed E-state index contributed by atoms with van der Waals surface area (Å²) >= 11 is 0. The van der Waals surface area contributed by atoms with Gasteiger partial charge in [-0.05, 0) is 68.3 Å². The lowest BCUT2D eigenvalue weighted by Gasteiger charge is -2.17. The Morgan fingerprint density at radius 1 is 1.23 bits per heavy atom. The molecule has 0 spiro atoms. The molecule has 0 aliphatic rings. The van der Waals surface area contributed by atoms with Gasteiger partial charge in [-0.25, -0.2) is 13.6 Å². The molecule has 0 unspecified atom stereocenters. The Labute approximate surface area is 152 Å². The van der Waals surface area contributed by atoms with Crippen molar-refractivity contribution in [2.75, 3.05) is 5.32 Å². The number of sulfonamides is 1. The summed E-state index contributed by atoms with van der Waals surface area (Å²) in [7, 11) is -3.88. The van der Waals surface area contributed by atoms with E-state index in [1.165, 1.54) is 12.1 Å². The van der Waals surface area contributed by atoms with E-state index < -0.39 is 22.0 Å². The smallest absolute Gasteiger partial charge is 0.265 e. The van der Waals surface area contributed by atoms with Crippen LogP contribution in [0.2, 0.25) is 0 Å². The summed E-state index contributed by atoms with van der Waals surface area (Å²) in [5.74, 6) is 0.00117. The Hall–Kier alpha value is -2.89. The third kappa shape index (κ3) is 4.59. The second kappa shape index (κ2) is 7.56. The maximum Gasteiger partial charge on any atom is 0.265 e. The molecule has 8 heteroatoms. The van der Waals surface area contributed by atoms with Crippen molar-refractivity contribution in [3.05, 3.63) is 53.1 Å². The molecule has 0 aliphatic heterocycles. The van der Waals surface area contributed by atoms with Crippen LogP contribution in [-0.4, -0.2) is 20.4 Å². The number of anilines is 1. The number of nitrogens with one attached hydrogen (secondary N) is 1. The third-order valence-electron chi connectivity index (χ3n) is 3.89. The summed E-state index contributed by atoms with van der Waals surface area (Å²) < 4.78 is 28.7. The van der Waals surface area contributed by atoms with Crippen molar-refractivity contribution < 1.29 is 17.9 Å². The molecule has 0 bridgehead atoms. The van der Waals surface area contributed by atoms with Gasteiger partial charge in [0.05, 0.1) is 16.5 Å². The number of primary sulfonamides is 1. The van der Waals surface area contributed by atoms with E-state index in [-0.39, 0.29) is 4.90 Å². The van der Waals surface area contributed by atoms with Crippen LogP contribution in [-0.2, 0) is 14.8 Å². The molecule has 3 N–H and O–H groups in total. The number of carbonyl (C=O) groups excluding carboxylic acids is 1. The zero-order valence-electron chi connectivity index (χ0n) is 14.6. The molecule has 136 valence electrons. The van der Waals surface area contributed by atoms with Crippen LogP contribution < -0.4 is 15.2 Å². The van der Waals surface area contributed by atoms with Crippen molar-refractivity contribution in [1.29, 1.82) is 5.26 Å². The van der Waals surface area contributed by atoms with Crippen molar-refractivity contribution in [3.63, 3.8) is 0 Å². The van der Waals surface area contributed by atoms with Gasteiger partial charge in [0.1, 0.15) is 5.75 Å². The van der Waals surface area contributed by atoms with E-state index >= 15 is 0 Å². The van der Waals surface area contributed by atoms with Crippen LogP contribution in [0, 0.1) is 25.2 Å². The number of nitriles is 1. The Morgan fingerprint density at radius 2 is 1.85 bits per heavy atom. The molecule has 0 aliphatic carbocycles. The average Bonchev–Trinajstić information content (AvgIpc) is 2.58. The van der Waals surface area contributed by atoms with E-state index in [1.807, 2.05) is 6.07 Å². The van der Waals surface area contributed by atoms with Crippen molar-refractivity contribution >= 4 is 21.6 Å². The summed E-state index contributed by atoms with van der Waals surface area (Å²) in [6.07, 6.45) is -0.833. The second-order valence-electron chi connectivity index (χ2n) is 5.84. The normalized spacial score (nSPS) is 12.1. The van der Waals surface area contributed by atoms with Gasteiger partial charge in [-0.2, -0.15) is 5.26 Å². The first-order valence-corrected chi connectivity index (χ1v) is 9.28. The fourth-order valence-electron chi connectivity index (χ4n) is 2.22. The minimum atomic E-state index is -3.88. The molecule has 2 aromatic carbocycles. The Kier molecular flexibility index (Phi) is 5.65. The van der Waals surface area contributed by atoms with Gasteiger partial charge in [-0.15, -0.1) is 0 Å². The molecule has 7 nitrogen and oxygen atoms in total. The molecular formula is C18H19N3O4S. The minimum Gasteiger partial charge on any atom is -0.481 e. The molecule has 0 fully saturated rings. The van der Waals surface area contributed by atoms with Gasteiger partial charge in [0.15, 0.2) is 6.10 Å². The lowest BCUT2D eigenvalue weighted by molar-refractivity contribution is -0.122. The molecule has 0 heterocycles. The standard InChI is InChI=1S/C18H19N3O4S/c1-11-8-16(26(20,23)24)9-17(12(11)2)21-18(22)13(3)25-15-6-4-14(10-19)5-7-15/h4-9,13H,1-3H3,(H,21,22)(H2,20,23,24)/t13-/m0/s1. The van der Waals surface area contributed by atoms with E-state index in [9.17, 15) is 13.2 Å². The third-order valence-corrected chi connectivity index (χ3v) is 4.79. The number of benzene rings is 2. The second-order valence-corrected chi connectivity index (χ2v) is 7.40. The number of amides is 1. The van der Waals surface area contributed by atoms with Gasteiger partial charge in [0.2, 0.25) is 10.0 Å². The quantitative estimate of drug-likeness (QED) is 0.832. The predicted octanol–water partition coefficient (Wildman–Crippen LogP) is 2.23. The van der Waals surface area contributed by atoms with Gasteiger partial charge in [-0.3, -0.25) is 4.79 Å². The van der Waals surface area contributed by atoms with Crippen LogP contribution in [0.4, 0.5) is 5.69 Å². The highest BCUT2D eigenvalue weighted by Crippen LogP contribution is 2.24. The first-order valence-electron chi connectivity index (χ1n) is 7.73. The van der Waals surface area contributed by atoms with E-state index in [1.54, 1.807) is 45.0 Å². The first-order chi connectivity index (χ1) is 12.1. The van der Waals surface area contributed by atoms with Crippen molar-refractivity contribution in [3.8, 4) is 11.8 Å². The monoisotopic (exact) mass is 373 g/mol. The van der Waals surface area contributed by atoms with Crippen LogP contribution in [0.15, 0.2) is 41.3 Å². The molecule has 1 amide bonds. The van der Waals surface area contributed by atoms with Crippen LogP contribution >= 0.6 is 0 Å². The zero-order valence-corrected chi connectivity index (χ0v) is 15.4. The molecule has 26 heavy (non-hydrogen) atoms. The number of carbonyl (C=O) groups is 1. The van der Waals surface area contributed by atoms with E-state index in [0.29, 0.717) is 22.6 Å². The van der Waals surface area contributed by atoms with Gasteiger partial charge < -0.3 is 10.1 Å². The summed E-state index contributed by atoms with van der Waals surface area (Å²) in [5.41, 5.74) is 2.26. The lowest BCUT2D eigenvalue weighted by atomic mass is 10.1. The van der Waals surface area contributed by atoms with Gasteiger partial charge in [-0.1, -0.05) is 0 Å². The predicted molar refractivity (Wildman–Crippen MR) is 97.2 cm³/mol. The van der Waals surface area contributed by atoms with Gasteiger partial charge >= 0.3 is 0 Å². The summed E-state index contributed by atoms with van der Waals surface area (Å²) in [6, 6.07) is 11.1. The van der Waals surface area contributed by atoms with Crippen LogP contribution in [0.25, 0.3) is 0 Å². The Morgan fingerprint density at radius 3 is 2.38 bits per heavy atom. The molecule has 0 saturated carbocycles. The number of nitrogens with two attached hydrogens (primary N) is 1. The Balaban J connectivity index is 2.18. The summed E-state index contributed by atoms with van der Waals surface area (Å²) in [6.45, 7) is 5.07. The number of aryl methyl sites for hydroxylation is 1. The lowest BCUT2D eigenvalue weighted by Crippen LogP contribution is -2.30.